The van der Waals surface area contributed by atoms with Crippen LogP contribution in [-0.2, 0) is 4.79 Å². The van der Waals surface area contributed by atoms with Crippen molar-refractivity contribution >= 4 is 17.4 Å². The molecule has 0 saturated carbocycles. The van der Waals surface area contributed by atoms with E-state index in [1.807, 2.05) is 0 Å². The zero-order chi connectivity index (χ0) is 18.4. The Kier molecular flexibility index (Phi) is 6.00. The number of benzene rings is 2. The second kappa shape index (κ2) is 8.19. The predicted molar refractivity (Wildman–Crippen MR) is 94.7 cm³/mol. The Hall–Kier alpha value is -3.02. The lowest BCUT2D eigenvalue weighted by Crippen LogP contribution is -2.30. The highest BCUT2D eigenvalue weighted by atomic mass is 16.5. The summed E-state index contributed by atoms with van der Waals surface area (Å²) >= 11 is 0. The maximum Gasteiger partial charge on any atom is 0.265 e. The van der Waals surface area contributed by atoms with Crippen molar-refractivity contribution in [2.75, 3.05) is 19.5 Å². The van der Waals surface area contributed by atoms with Crippen LogP contribution >= 0.6 is 0 Å². The van der Waals surface area contributed by atoms with Crippen LogP contribution in [0, 0.1) is 0 Å². The largest absolute Gasteiger partial charge is 0.493 e. The van der Waals surface area contributed by atoms with Crippen molar-refractivity contribution in [2.24, 2.45) is 0 Å². The molecule has 0 saturated heterocycles. The number of methoxy groups -OCH3 is 2. The number of hydrogen-bond donors (Lipinski definition) is 1. The molecule has 0 aliphatic carbocycles. The van der Waals surface area contributed by atoms with Gasteiger partial charge in [0.2, 0.25) is 0 Å². The Morgan fingerprint density at radius 2 is 1.72 bits per heavy atom. The van der Waals surface area contributed by atoms with Gasteiger partial charge in [-0.1, -0.05) is 12.1 Å². The molecule has 6 heteroatoms. The Morgan fingerprint density at radius 1 is 1.00 bits per heavy atom. The summed E-state index contributed by atoms with van der Waals surface area (Å²) in [4.78, 5) is 23.7. The Morgan fingerprint density at radius 3 is 2.36 bits per heavy atom. The number of nitrogens with one attached hydrogen (secondary N) is 1. The third-order valence-corrected chi connectivity index (χ3v) is 3.57. The minimum atomic E-state index is -0.740. The van der Waals surface area contributed by atoms with Gasteiger partial charge < -0.3 is 19.5 Å². The molecule has 1 atom stereocenters. The third kappa shape index (κ3) is 4.73. The van der Waals surface area contributed by atoms with Gasteiger partial charge in [0.05, 0.1) is 14.2 Å². The van der Waals surface area contributed by atoms with Crippen LogP contribution in [0.4, 0.5) is 5.69 Å². The van der Waals surface area contributed by atoms with E-state index in [-0.39, 0.29) is 11.7 Å². The normalized spacial score (nSPS) is 11.4. The first kappa shape index (κ1) is 18.3. The minimum Gasteiger partial charge on any atom is -0.493 e. The van der Waals surface area contributed by atoms with Crippen LogP contribution in [0.25, 0.3) is 0 Å². The molecule has 0 heterocycles. The summed E-state index contributed by atoms with van der Waals surface area (Å²) in [6.45, 7) is 3.11. The van der Waals surface area contributed by atoms with Crippen LogP contribution in [0.5, 0.6) is 17.2 Å². The highest BCUT2D eigenvalue weighted by molar-refractivity contribution is 5.95. The average molecular weight is 343 g/mol. The van der Waals surface area contributed by atoms with Crippen LogP contribution in [0.15, 0.2) is 42.5 Å². The maximum absolute atomic E-state index is 12.3. The molecule has 2 aromatic carbocycles. The summed E-state index contributed by atoms with van der Waals surface area (Å²) in [5, 5.41) is 2.76. The summed E-state index contributed by atoms with van der Waals surface area (Å²) in [6.07, 6.45) is -0.740. The minimum absolute atomic E-state index is 0.0621. The molecule has 0 spiro atoms. The lowest BCUT2D eigenvalue weighted by molar-refractivity contribution is -0.122. The molecule has 6 nitrogen and oxygen atoms in total. The fourth-order valence-corrected chi connectivity index (χ4v) is 2.20. The lowest BCUT2D eigenvalue weighted by Gasteiger charge is -2.16. The van der Waals surface area contributed by atoms with Gasteiger partial charge >= 0.3 is 0 Å². The molecule has 2 rings (SSSR count). The van der Waals surface area contributed by atoms with E-state index in [2.05, 4.69) is 5.32 Å². The first-order chi connectivity index (χ1) is 11.9. The van der Waals surface area contributed by atoms with Gasteiger partial charge in [-0.3, -0.25) is 9.59 Å². The van der Waals surface area contributed by atoms with E-state index >= 15 is 0 Å². The zero-order valence-electron chi connectivity index (χ0n) is 14.7. The molecule has 25 heavy (non-hydrogen) atoms. The van der Waals surface area contributed by atoms with Crippen LogP contribution in [0.2, 0.25) is 0 Å². The Labute approximate surface area is 146 Å². The van der Waals surface area contributed by atoms with E-state index in [1.165, 1.54) is 14.0 Å². The number of carbonyl (C=O) groups is 2. The molecule has 0 fully saturated rings. The van der Waals surface area contributed by atoms with Crippen molar-refractivity contribution in [3.63, 3.8) is 0 Å². The lowest BCUT2D eigenvalue weighted by atomic mass is 10.1. The first-order valence-electron chi connectivity index (χ1n) is 7.75. The zero-order valence-corrected chi connectivity index (χ0v) is 14.7. The number of ketones is 1. The molecule has 132 valence electrons. The van der Waals surface area contributed by atoms with Crippen molar-refractivity contribution < 1.29 is 23.8 Å². The molecule has 1 amide bonds. The number of anilines is 1. The average Bonchev–Trinajstić information content (AvgIpc) is 2.61. The molecular weight excluding hydrogens is 322 g/mol. The monoisotopic (exact) mass is 343 g/mol. The number of ether oxygens (including phenoxy) is 3. The fourth-order valence-electron chi connectivity index (χ4n) is 2.20. The summed E-state index contributed by atoms with van der Waals surface area (Å²) in [5.74, 6) is 1.17. The number of carbonyl (C=O) groups excluding carboxylic acids is 2. The summed E-state index contributed by atoms with van der Waals surface area (Å²) in [6, 6.07) is 11.8. The van der Waals surface area contributed by atoms with Gasteiger partial charge in [-0.25, -0.2) is 0 Å². The predicted octanol–water partition coefficient (Wildman–Crippen LogP) is 3.31. The molecule has 1 N–H and O–H groups in total. The van der Waals surface area contributed by atoms with Crippen LogP contribution in [0.1, 0.15) is 24.2 Å². The van der Waals surface area contributed by atoms with E-state index < -0.39 is 6.10 Å². The number of amides is 1. The second-order valence-electron chi connectivity index (χ2n) is 5.40. The Bertz CT molecular complexity index is 772. The number of Topliss-reactive ketones (excluding diaryl/α,β-unsaturated/α-hetero) is 1. The molecule has 0 radical (unpaired) electrons. The molecule has 2 aromatic rings. The highest BCUT2D eigenvalue weighted by Gasteiger charge is 2.16. The third-order valence-electron chi connectivity index (χ3n) is 3.57. The van der Waals surface area contributed by atoms with Crippen LogP contribution < -0.4 is 19.5 Å². The van der Waals surface area contributed by atoms with Gasteiger partial charge in [-0.2, -0.15) is 0 Å². The summed E-state index contributed by atoms with van der Waals surface area (Å²) in [7, 11) is 3.07. The summed E-state index contributed by atoms with van der Waals surface area (Å²) in [5.41, 5.74) is 1.10. The van der Waals surface area contributed by atoms with Crippen molar-refractivity contribution in [2.45, 2.75) is 20.0 Å². The molecule has 0 unspecified atom stereocenters. The van der Waals surface area contributed by atoms with E-state index in [4.69, 9.17) is 14.2 Å². The van der Waals surface area contributed by atoms with E-state index in [9.17, 15) is 9.59 Å². The SMILES string of the molecule is COc1ccc(NC(=O)[C@H](C)Oc2cccc(C(C)=O)c2)cc1OC. The van der Waals surface area contributed by atoms with Gasteiger partial charge in [0.1, 0.15) is 5.75 Å². The molecule has 0 aliphatic rings. The smallest absolute Gasteiger partial charge is 0.265 e. The van der Waals surface area contributed by atoms with Crippen molar-refractivity contribution in [1.29, 1.82) is 0 Å². The van der Waals surface area contributed by atoms with Gasteiger partial charge in [-0.15, -0.1) is 0 Å². The molecule has 0 aromatic heterocycles. The quantitative estimate of drug-likeness (QED) is 0.781. The summed E-state index contributed by atoms with van der Waals surface area (Å²) < 4.78 is 16.0. The van der Waals surface area contributed by atoms with Gasteiger partial charge in [0.15, 0.2) is 23.4 Å². The first-order valence-corrected chi connectivity index (χ1v) is 7.75. The van der Waals surface area contributed by atoms with E-state index in [0.29, 0.717) is 28.5 Å². The number of hydrogen-bond acceptors (Lipinski definition) is 5. The topological polar surface area (TPSA) is 73.9 Å². The van der Waals surface area contributed by atoms with Gasteiger partial charge in [-0.05, 0) is 38.1 Å². The fraction of sp³-hybridized carbons (Fsp3) is 0.263. The second-order valence-corrected chi connectivity index (χ2v) is 5.40. The van der Waals surface area contributed by atoms with Gasteiger partial charge in [0, 0.05) is 17.3 Å². The molecule has 0 aliphatic heterocycles. The number of rotatable bonds is 7. The van der Waals surface area contributed by atoms with Crippen molar-refractivity contribution in [3.05, 3.63) is 48.0 Å². The van der Waals surface area contributed by atoms with Crippen LogP contribution in [-0.4, -0.2) is 32.0 Å². The van der Waals surface area contributed by atoms with Crippen molar-refractivity contribution in [1.82, 2.24) is 0 Å². The molecule has 0 bridgehead atoms. The van der Waals surface area contributed by atoms with Crippen molar-refractivity contribution in [3.8, 4) is 17.2 Å². The van der Waals surface area contributed by atoms with E-state index in [1.54, 1.807) is 56.5 Å². The standard InChI is InChI=1S/C19H21NO5/c1-12(21)14-6-5-7-16(10-14)25-13(2)19(22)20-15-8-9-17(23-3)18(11-15)24-4/h5-11,13H,1-4H3,(H,20,22)/t13-/m0/s1. The van der Waals surface area contributed by atoms with Gasteiger partial charge in [0.25, 0.3) is 5.91 Å². The van der Waals surface area contributed by atoms with Crippen LogP contribution in [0.3, 0.4) is 0 Å². The maximum atomic E-state index is 12.3. The van der Waals surface area contributed by atoms with E-state index in [0.717, 1.165) is 0 Å². The highest BCUT2D eigenvalue weighted by Crippen LogP contribution is 2.29. The molecular formula is C19H21NO5. The Balaban J connectivity index is 2.05.